The lowest BCUT2D eigenvalue weighted by molar-refractivity contribution is -0.385. The number of hydrogen-bond donors (Lipinski definition) is 2. The van der Waals surface area contributed by atoms with Crippen molar-refractivity contribution in [3.05, 3.63) is 75.8 Å². The molecule has 0 bridgehead atoms. The van der Waals surface area contributed by atoms with Crippen LogP contribution in [0.25, 0.3) is 6.08 Å². The van der Waals surface area contributed by atoms with Crippen molar-refractivity contribution >= 4 is 23.5 Å². The van der Waals surface area contributed by atoms with Gasteiger partial charge in [-0.3, -0.25) is 10.1 Å². The van der Waals surface area contributed by atoms with Gasteiger partial charge in [0.25, 0.3) is 5.69 Å². The van der Waals surface area contributed by atoms with E-state index in [1.165, 1.54) is 6.07 Å². The first-order chi connectivity index (χ1) is 11.6. The second-order valence-electron chi connectivity index (χ2n) is 4.92. The Labute approximate surface area is 138 Å². The fourth-order valence-corrected chi connectivity index (χ4v) is 1.96. The summed E-state index contributed by atoms with van der Waals surface area (Å²) in [6.07, 6.45) is 2.59. The van der Waals surface area contributed by atoms with E-state index in [-0.39, 0.29) is 18.8 Å². The van der Waals surface area contributed by atoms with Crippen LogP contribution in [0.3, 0.4) is 0 Å². The summed E-state index contributed by atoms with van der Waals surface area (Å²) in [6.45, 7) is 0.370. The van der Waals surface area contributed by atoms with E-state index in [2.05, 4.69) is 5.32 Å². The van der Waals surface area contributed by atoms with Crippen molar-refractivity contribution in [1.29, 1.82) is 0 Å². The number of amides is 1. The molecule has 0 saturated heterocycles. The Bertz CT molecular complexity index is 745. The summed E-state index contributed by atoms with van der Waals surface area (Å²) in [7, 11) is 0. The van der Waals surface area contributed by atoms with Crippen molar-refractivity contribution in [2.24, 2.45) is 0 Å². The minimum absolute atomic E-state index is 0.0853. The number of anilines is 1. The summed E-state index contributed by atoms with van der Waals surface area (Å²) >= 11 is 0. The van der Waals surface area contributed by atoms with E-state index in [0.29, 0.717) is 11.3 Å². The van der Waals surface area contributed by atoms with Gasteiger partial charge in [-0.15, -0.1) is 0 Å². The van der Waals surface area contributed by atoms with Gasteiger partial charge in [-0.25, -0.2) is 4.79 Å². The van der Waals surface area contributed by atoms with E-state index in [9.17, 15) is 14.9 Å². The van der Waals surface area contributed by atoms with Gasteiger partial charge in [-0.2, -0.15) is 0 Å². The SMILES string of the molecule is Nc1ccc(C=CCNC(=O)OCc2ccccc2)c([N+](=O)[O-])c1. The van der Waals surface area contributed by atoms with Gasteiger partial charge >= 0.3 is 6.09 Å². The van der Waals surface area contributed by atoms with Crippen LogP contribution in [-0.2, 0) is 11.3 Å². The zero-order chi connectivity index (χ0) is 17.4. The van der Waals surface area contributed by atoms with Crippen LogP contribution >= 0.6 is 0 Å². The average Bonchev–Trinajstić information content (AvgIpc) is 2.58. The Kier molecular flexibility index (Phi) is 5.90. The molecule has 2 aromatic rings. The van der Waals surface area contributed by atoms with Gasteiger partial charge in [0.1, 0.15) is 6.61 Å². The fraction of sp³-hybridized carbons (Fsp3) is 0.118. The van der Waals surface area contributed by atoms with Crippen LogP contribution < -0.4 is 11.1 Å². The minimum atomic E-state index is -0.560. The molecular weight excluding hydrogens is 310 g/mol. The molecule has 7 nitrogen and oxygen atoms in total. The Morgan fingerprint density at radius 3 is 2.71 bits per heavy atom. The number of nitrogens with one attached hydrogen (secondary N) is 1. The lowest BCUT2D eigenvalue weighted by Gasteiger charge is -2.05. The molecule has 0 heterocycles. The van der Waals surface area contributed by atoms with E-state index in [0.717, 1.165) is 5.56 Å². The third-order valence-electron chi connectivity index (χ3n) is 3.13. The molecule has 2 aromatic carbocycles. The summed E-state index contributed by atoms with van der Waals surface area (Å²) in [5, 5.41) is 13.5. The highest BCUT2D eigenvalue weighted by atomic mass is 16.6. The van der Waals surface area contributed by atoms with Gasteiger partial charge in [0.15, 0.2) is 0 Å². The number of carbonyl (C=O) groups excluding carboxylic acids is 1. The lowest BCUT2D eigenvalue weighted by atomic mass is 10.1. The smallest absolute Gasteiger partial charge is 0.407 e. The maximum Gasteiger partial charge on any atom is 0.407 e. The number of nitrogens with zero attached hydrogens (tertiary/aromatic N) is 1. The van der Waals surface area contributed by atoms with E-state index >= 15 is 0 Å². The molecule has 124 valence electrons. The largest absolute Gasteiger partial charge is 0.445 e. The summed E-state index contributed by atoms with van der Waals surface area (Å²) in [4.78, 5) is 22.0. The molecule has 0 spiro atoms. The van der Waals surface area contributed by atoms with Crippen LogP contribution in [0, 0.1) is 10.1 Å². The number of carbonyl (C=O) groups is 1. The molecule has 0 aliphatic heterocycles. The first kappa shape index (κ1) is 17.0. The average molecular weight is 327 g/mol. The predicted molar refractivity (Wildman–Crippen MR) is 91.2 cm³/mol. The monoisotopic (exact) mass is 327 g/mol. The molecule has 0 unspecified atom stereocenters. The van der Waals surface area contributed by atoms with Gasteiger partial charge in [-0.1, -0.05) is 42.5 Å². The van der Waals surface area contributed by atoms with Crippen LogP contribution in [0.15, 0.2) is 54.6 Å². The van der Waals surface area contributed by atoms with Crippen molar-refractivity contribution in [3.8, 4) is 0 Å². The van der Waals surface area contributed by atoms with Crippen LogP contribution in [0.2, 0.25) is 0 Å². The van der Waals surface area contributed by atoms with Crippen molar-refractivity contribution in [1.82, 2.24) is 5.32 Å². The summed E-state index contributed by atoms with van der Waals surface area (Å²) in [5.41, 5.74) is 7.07. The van der Waals surface area contributed by atoms with Gasteiger partial charge in [-0.05, 0) is 17.7 Å². The highest BCUT2D eigenvalue weighted by molar-refractivity contribution is 5.68. The number of ether oxygens (including phenoxy) is 1. The Hall–Kier alpha value is -3.35. The van der Waals surface area contributed by atoms with Crippen LogP contribution in [0.5, 0.6) is 0 Å². The molecule has 0 aliphatic carbocycles. The van der Waals surface area contributed by atoms with Crippen LogP contribution in [0.4, 0.5) is 16.2 Å². The second-order valence-corrected chi connectivity index (χ2v) is 4.92. The van der Waals surface area contributed by atoms with E-state index < -0.39 is 11.0 Å². The number of nitro groups is 1. The van der Waals surface area contributed by atoms with Crippen molar-refractivity contribution in [2.75, 3.05) is 12.3 Å². The number of hydrogen-bond acceptors (Lipinski definition) is 5. The molecule has 7 heteroatoms. The first-order valence-electron chi connectivity index (χ1n) is 7.21. The maximum absolute atomic E-state index is 11.6. The molecule has 0 saturated carbocycles. The number of alkyl carbamates (subject to hydrolysis) is 1. The standard InChI is InChI=1S/C17H17N3O4/c18-15-9-8-14(16(11-15)20(22)23)7-4-10-19-17(21)24-12-13-5-2-1-3-6-13/h1-9,11H,10,12,18H2,(H,19,21). The van der Waals surface area contributed by atoms with Gasteiger partial charge in [0.2, 0.25) is 0 Å². The topological polar surface area (TPSA) is 107 Å². The normalized spacial score (nSPS) is 10.5. The lowest BCUT2D eigenvalue weighted by Crippen LogP contribution is -2.24. The van der Waals surface area contributed by atoms with Crippen molar-refractivity contribution in [3.63, 3.8) is 0 Å². The summed E-state index contributed by atoms with van der Waals surface area (Å²) < 4.78 is 5.05. The summed E-state index contributed by atoms with van der Waals surface area (Å²) in [6, 6.07) is 13.7. The highest BCUT2D eigenvalue weighted by Crippen LogP contribution is 2.22. The number of benzene rings is 2. The highest BCUT2D eigenvalue weighted by Gasteiger charge is 2.11. The van der Waals surface area contributed by atoms with Crippen LogP contribution in [0.1, 0.15) is 11.1 Å². The Morgan fingerprint density at radius 1 is 1.25 bits per heavy atom. The van der Waals surface area contributed by atoms with Gasteiger partial charge in [0.05, 0.1) is 10.5 Å². The third kappa shape index (κ3) is 5.13. The molecule has 0 atom stereocenters. The molecule has 0 aromatic heterocycles. The number of nitrogens with two attached hydrogens (primary N) is 1. The van der Waals surface area contributed by atoms with E-state index in [1.807, 2.05) is 30.3 Å². The molecule has 2 rings (SSSR count). The number of nitro benzene ring substituents is 1. The zero-order valence-electron chi connectivity index (χ0n) is 12.8. The Morgan fingerprint density at radius 2 is 2.00 bits per heavy atom. The number of rotatable bonds is 6. The van der Waals surface area contributed by atoms with E-state index in [1.54, 1.807) is 24.3 Å². The predicted octanol–water partition coefficient (Wildman–Crippen LogP) is 3.12. The molecule has 24 heavy (non-hydrogen) atoms. The molecule has 0 radical (unpaired) electrons. The molecular formula is C17H17N3O4. The maximum atomic E-state index is 11.6. The number of nitrogen functional groups attached to an aromatic ring is 1. The second kappa shape index (κ2) is 8.33. The molecule has 3 N–H and O–H groups in total. The minimum Gasteiger partial charge on any atom is -0.445 e. The summed E-state index contributed by atoms with van der Waals surface area (Å²) in [5.74, 6) is 0. The van der Waals surface area contributed by atoms with Crippen molar-refractivity contribution in [2.45, 2.75) is 6.61 Å². The van der Waals surface area contributed by atoms with E-state index in [4.69, 9.17) is 10.5 Å². The third-order valence-corrected chi connectivity index (χ3v) is 3.13. The molecule has 1 amide bonds. The zero-order valence-corrected chi connectivity index (χ0v) is 12.8. The van der Waals surface area contributed by atoms with Gasteiger partial charge in [0, 0.05) is 18.3 Å². The molecule has 0 aliphatic rings. The molecule has 0 fully saturated rings. The quantitative estimate of drug-likeness (QED) is 0.481. The van der Waals surface area contributed by atoms with Crippen molar-refractivity contribution < 1.29 is 14.5 Å². The van der Waals surface area contributed by atoms with Crippen LogP contribution in [-0.4, -0.2) is 17.6 Å². The van der Waals surface area contributed by atoms with Gasteiger partial charge < -0.3 is 15.8 Å². The fourth-order valence-electron chi connectivity index (χ4n) is 1.96. The Balaban J connectivity index is 1.82. The first-order valence-corrected chi connectivity index (χ1v) is 7.21.